The number of benzene rings is 1. The van der Waals surface area contributed by atoms with Gasteiger partial charge in [-0.25, -0.2) is 4.98 Å². The Morgan fingerprint density at radius 1 is 0.788 bits per heavy atom. The molecule has 0 fully saturated rings. The van der Waals surface area contributed by atoms with E-state index >= 15 is 0 Å². The van der Waals surface area contributed by atoms with E-state index in [4.69, 9.17) is 9.47 Å². The SMILES string of the molecule is COc1ccc(CN(Cc2ccncc2)Cc2cc(C)n(-c3ccccn3)c2C)cc1OC. The Hall–Kier alpha value is -3.64. The van der Waals surface area contributed by atoms with Crippen LogP contribution >= 0.6 is 0 Å². The van der Waals surface area contributed by atoms with Gasteiger partial charge in [0.2, 0.25) is 0 Å². The number of ether oxygens (including phenoxy) is 2. The topological polar surface area (TPSA) is 52.4 Å². The first-order valence-electron chi connectivity index (χ1n) is 11.0. The molecule has 1 aromatic carbocycles. The van der Waals surface area contributed by atoms with Gasteiger partial charge in [0.1, 0.15) is 5.82 Å². The van der Waals surface area contributed by atoms with E-state index in [0.29, 0.717) is 0 Å². The van der Waals surface area contributed by atoms with Gasteiger partial charge in [-0.2, -0.15) is 0 Å². The number of aryl methyl sites for hydroxylation is 1. The zero-order valence-corrected chi connectivity index (χ0v) is 19.7. The highest BCUT2D eigenvalue weighted by Crippen LogP contribution is 2.29. The average Bonchev–Trinajstić information content (AvgIpc) is 3.12. The number of hydrogen-bond donors (Lipinski definition) is 0. The highest BCUT2D eigenvalue weighted by atomic mass is 16.5. The van der Waals surface area contributed by atoms with Gasteiger partial charge in [0.05, 0.1) is 14.2 Å². The summed E-state index contributed by atoms with van der Waals surface area (Å²) >= 11 is 0. The molecule has 0 bridgehead atoms. The van der Waals surface area contributed by atoms with E-state index in [1.807, 2.05) is 42.9 Å². The van der Waals surface area contributed by atoms with Crippen molar-refractivity contribution in [3.05, 3.63) is 101 Å². The minimum absolute atomic E-state index is 0.737. The molecule has 0 radical (unpaired) electrons. The molecule has 3 heterocycles. The maximum absolute atomic E-state index is 5.52. The molecule has 0 amide bonds. The van der Waals surface area contributed by atoms with Gasteiger partial charge in [0.15, 0.2) is 11.5 Å². The number of methoxy groups -OCH3 is 2. The minimum atomic E-state index is 0.737. The summed E-state index contributed by atoms with van der Waals surface area (Å²) in [5.41, 5.74) is 6.06. The summed E-state index contributed by atoms with van der Waals surface area (Å²) in [5, 5.41) is 0. The molecule has 0 atom stereocenters. The van der Waals surface area contributed by atoms with Crippen molar-refractivity contribution in [3.8, 4) is 17.3 Å². The summed E-state index contributed by atoms with van der Waals surface area (Å²) in [4.78, 5) is 11.1. The van der Waals surface area contributed by atoms with Crippen molar-refractivity contribution in [2.45, 2.75) is 33.5 Å². The van der Waals surface area contributed by atoms with E-state index in [2.05, 4.69) is 63.6 Å². The maximum atomic E-state index is 5.52. The molecule has 0 saturated carbocycles. The van der Waals surface area contributed by atoms with Gasteiger partial charge in [-0.05, 0) is 73.0 Å². The summed E-state index contributed by atoms with van der Waals surface area (Å²) in [6, 6.07) is 18.5. The molecule has 0 aliphatic carbocycles. The van der Waals surface area contributed by atoms with Gasteiger partial charge >= 0.3 is 0 Å². The highest BCUT2D eigenvalue weighted by Gasteiger charge is 2.16. The summed E-state index contributed by atoms with van der Waals surface area (Å²) in [6.07, 6.45) is 5.52. The van der Waals surface area contributed by atoms with Crippen molar-refractivity contribution in [1.82, 2.24) is 19.4 Å². The van der Waals surface area contributed by atoms with Crippen molar-refractivity contribution in [2.24, 2.45) is 0 Å². The Kier molecular flexibility index (Phi) is 7.05. The molecule has 4 rings (SSSR count). The van der Waals surface area contributed by atoms with Gasteiger partial charge in [-0.3, -0.25) is 9.88 Å². The lowest BCUT2D eigenvalue weighted by Crippen LogP contribution is -2.23. The van der Waals surface area contributed by atoms with Crippen LogP contribution in [0.15, 0.2) is 73.2 Å². The number of hydrogen-bond acceptors (Lipinski definition) is 5. The molecule has 33 heavy (non-hydrogen) atoms. The summed E-state index contributed by atoms with van der Waals surface area (Å²) in [5.74, 6) is 2.42. The highest BCUT2D eigenvalue weighted by molar-refractivity contribution is 5.43. The lowest BCUT2D eigenvalue weighted by molar-refractivity contribution is 0.246. The van der Waals surface area contributed by atoms with Crippen LogP contribution in [-0.2, 0) is 19.6 Å². The van der Waals surface area contributed by atoms with Crippen LogP contribution in [-0.4, -0.2) is 33.7 Å². The van der Waals surface area contributed by atoms with Crippen molar-refractivity contribution in [3.63, 3.8) is 0 Å². The van der Waals surface area contributed by atoms with Gasteiger partial charge < -0.3 is 14.0 Å². The second-order valence-electron chi connectivity index (χ2n) is 8.11. The fourth-order valence-corrected chi connectivity index (χ4v) is 4.22. The molecular formula is C27H30N4O2. The first-order chi connectivity index (χ1) is 16.1. The molecule has 0 aliphatic heterocycles. The van der Waals surface area contributed by atoms with E-state index in [0.717, 1.165) is 37.0 Å². The molecule has 4 aromatic rings. The maximum Gasteiger partial charge on any atom is 0.161 e. The molecule has 0 saturated heterocycles. The van der Waals surface area contributed by atoms with Crippen LogP contribution in [0, 0.1) is 13.8 Å². The monoisotopic (exact) mass is 442 g/mol. The Bertz CT molecular complexity index is 1190. The first kappa shape index (κ1) is 22.6. The fourth-order valence-electron chi connectivity index (χ4n) is 4.22. The van der Waals surface area contributed by atoms with Crippen LogP contribution in [0.4, 0.5) is 0 Å². The molecule has 3 aromatic heterocycles. The van der Waals surface area contributed by atoms with Crippen molar-refractivity contribution < 1.29 is 9.47 Å². The van der Waals surface area contributed by atoms with Gasteiger partial charge in [0.25, 0.3) is 0 Å². The number of aromatic nitrogens is 3. The quantitative estimate of drug-likeness (QED) is 0.361. The molecule has 170 valence electrons. The molecule has 0 N–H and O–H groups in total. The fraction of sp³-hybridized carbons (Fsp3) is 0.259. The van der Waals surface area contributed by atoms with Crippen LogP contribution in [0.25, 0.3) is 5.82 Å². The zero-order chi connectivity index (χ0) is 23.2. The molecule has 0 unspecified atom stereocenters. The minimum Gasteiger partial charge on any atom is -0.493 e. The Labute approximate surface area is 195 Å². The third-order valence-electron chi connectivity index (χ3n) is 5.82. The lowest BCUT2D eigenvalue weighted by atomic mass is 10.1. The second-order valence-corrected chi connectivity index (χ2v) is 8.11. The Balaban J connectivity index is 1.63. The smallest absolute Gasteiger partial charge is 0.161 e. The van der Waals surface area contributed by atoms with Crippen molar-refractivity contribution >= 4 is 0 Å². The van der Waals surface area contributed by atoms with Gasteiger partial charge in [-0.1, -0.05) is 12.1 Å². The molecule has 0 aliphatic rings. The second kappa shape index (κ2) is 10.3. The third-order valence-corrected chi connectivity index (χ3v) is 5.82. The summed E-state index contributed by atoms with van der Waals surface area (Å²) in [7, 11) is 3.33. The summed E-state index contributed by atoms with van der Waals surface area (Å²) < 4.78 is 13.1. The third kappa shape index (κ3) is 5.23. The van der Waals surface area contributed by atoms with Crippen LogP contribution in [0.3, 0.4) is 0 Å². The van der Waals surface area contributed by atoms with Crippen LogP contribution in [0.1, 0.15) is 28.1 Å². The summed E-state index contributed by atoms with van der Waals surface area (Å²) in [6.45, 7) is 6.69. The predicted molar refractivity (Wildman–Crippen MR) is 130 cm³/mol. The number of pyridine rings is 2. The Morgan fingerprint density at radius 3 is 2.24 bits per heavy atom. The number of nitrogens with zero attached hydrogens (tertiary/aromatic N) is 4. The van der Waals surface area contributed by atoms with E-state index in [1.54, 1.807) is 14.2 Å². The molecule has 6 nitrogen and oxygen atoms in total. The normalized spacial score (nSPS) is 11.1. The molecule has 0 spiro atoms. The van der Waals surface area contributed by atoms with Crippen LogP contribution < -0.4 is 9.47 Å². The van der Waals surface area contributed by atoms with Crippen molar-refractivity contribution in [2.75, 3.05) is 14.2 Å². The molecule has 6 heteroatoms. The van der Waals surface area contributed by atoms with Gasteiger partial charge in [-0.15, -0.1) is 0 Å². The largest absolute Gasteiger partial charge is 0.493 e. The van der Waals surface area contributed by atoms with Crippen LogP contribution in [0.5, 0.6) is 11.5 Å². The van der Waals surface area contributed by atoms with Crippen molar-refractivity contribution in [1.29, 1.82) is 0 Å². The Morgan fingerprint density at radius 2 is 1.55 bits per heavy atom. The standard InChI is InChI=1S/C27H30N4O2/c1-20-15-24(21(2)31(20)27-7-5-6-12-29-27)19-30(17-22-10-13-28-14-11-22)18-23-8-9-25(32-3)26(16-23)33-4/h5-16H,17-19H2,1-4H3. The number of rotatable bonds is 9. The lowest BCUT2D eigenvalue weighted by Gasteiger charge is -2.23. The van der Waals surface area contributed by atoms with E-state index < -0.39 is 0 Å². The van der Waals surface area contributed by atoms with E-state index in [1.165, 1.54) is 28.1 Å². The van der Waals surface area contributed by atoms with E-state index in [-0.39, 0.29) is 0 Å². The zero-order valence-electron chi connectivity index (χ0n) is 19.7. The van der Waals surface area contributed by atoms with Crippen LogP contribution in [0.2, 0.25) is 0 Å². The van der Waals surface area contributed by atoms with Gasteiger partial charge in [0, 0.05) is 49.6 Å². The van der Waals surface area contributed by atoms with E-state index in [9.17, 15) is 0 Å². The molecular weight excluding hydrogens is 412 g/mol. The first-order valence-corrected chi connectivity index (χ1v) is 11.0. The average molecular weight is 443 g/mol. The predicted octanol–water partition coefficient (Wildman–Crippen LogP) is 5.10.